The molecule has 4 bridgehead atoms. The van der Waals surface area contributed by atoms with Gasteiger partial charge in [-0.1, -0.05) is 13.3 Å². The maximum absolute atomic E-state index is 13.8. The first-order valence-electron chi connectivity index (χ1n) is 11.1. The van der Waals surface area contributed by atoms with E-state index >= 15 is 0 Å². The van der Waals surface area contributed by atoms with Crippen LogP contribution in [0.15, 0.2) is 0 Å². The van der Waals surface area contributed by atoms with Gasteiger partial charge >= 0.3 is 0 Å². The van der Waals surface area contributed by atoms with Crippen LogP contribution >= 0.6 is 0 Å². The molecule has 4 unspecified atom stereocenters. The molecule has 4 atom stereocenters. The lowest BCUT2D eigenvalue weighted by atomic mass is 9.42. The summed E-state index contributed by atoms with van der Waals surface area (Å²) in [6.45, 7) is 5.57. The van der Waals surface area contributed by atoms with Crippen molar-refractivity contribution in [1.82, 2.24) is 14.7 Å². The van der Waals surface area contributed by atoms with Crippen molar-refractivity contribution >= 4 is 11.8 Å². The van der Waals surface area contributed by atoms with E-state index in [-0.39, 0.29) is 17.2 Å². The van der Waals surface area contributed by atoms with E-state index in [1.165, 1.54) is 6.42 Å². The minimum Gasteiger partial charge on any atom is -0.390 e. The molecular weight excluding hydrogens is 354 g/mol. The molecule has 6 heteroatoms. The average molecular weight is 392 g/mol. The van der Waals surface area contributed by atoms with E-state index in [9.17, 15) is 14.7 Å². The molecule has 6 nitrogen and oxygen atoms in total. The third-order valence-electron chi connectivity index (χ3n) is 8.05. The van der Waals surface area contributed by atoms with Gasteiger partial charge in [-0.25, -0.2) is 0 Å². The van der Waals surface area contributed by atoms with Gasteiger partial charge in [0, 0.05) is 39.1 Å². The molecule has 0 aromatic carbocycles. The zero-order valence-corrected chi connectivity index (χ0v) is 17.9. The molecule has 4 saturated carbocycles. The molecule has 1 aliphatic heterocycles. The van der Waals surface area contributed by atoms with Crippen molar-refractivity contribution in [1.29, 1.82) is 0 Å². The number of hydrogen-bond donors (Lipinski definition) is 1. The SMILES string of the molecule is CCC12CC3CC(O)(C1)CC(C(=O)N1CCC(=O)N(CCN(C)C)CC1)(C3)C2. The van der Waals surface area contributed by atoms with Gasteiger partial charge in [0.25, 0.3) is 0 Å². The Balaban J connectivity index is 1.49. The van der Waals surface area contributed by atoms with Gasteiger partial charge in [-0.3, -0.25) is 9.59 Å². The summed E-state index contributed by atoms with van der Waals surface area (Å²) in [6, 6.07) is 0. The van der Waals surface area contributed by atoms with Crippen LogP contribution < -0.4 is 0 Å². The summed E-state index contributed by atoms with van der Waals surface area (Å²) >= 11 is 0. The molecule has 2 amide bonds. The maximum Gasteiger partial charge on any atom is 0.229 e. The Morgan fingerprint density at radius 2 is 1.93 bits per heavy atom. The molecule has 4 aliphatic carbocycles. The third-order valence-corrected chi connectivity index (χ3v) is 8.05. The van der Waals surface area contributed by atoms with Gasteiger partial charge in [0.2, 0.25) is 11.8 Å². The second-order valence-corrected chi connectivity index (χ2v) is 10.6. The summed E-state index contributed by atoms with van der Waals surface area (Å²) in [5.74, 6) is 0.858. The van der Waals surface area contributed by atoms with Gasteiger partial charge in [-0.15, -0.1) is 0 Å². The highest BCUT2D eigenvalue weighted by Gasteiger charge is 2.65. The van der Waals surface area contributed by atoms with Gasteiger partial charge in [0.05, 0.1) is 11.0 Å². The topological polar surface area (TPSA) is 64.1 Å². The van der Waals surface area contributed by atoms with E-state index in [1.54, 1.807) is 0 Å². The molecule has 0 radical (unpaired) electrons. The van der Waals surface area contributed by atoms with E-state index in [2.05, 4.69) is 11.8 Å². The summed E-state index contributed by atoms with van der Waals surface area (Å²) in [6.07, 6.45) is 6.90. The number of carbonyl (C=O) groups excluding carboxylic acids is 2. The summed E-state index contributed by atoms with van der Waals surface area (Å²) in [5.41, 5.74) is -0.903. The number of nitrogens with zero attached hydrogens (tertiary/aromatic N) is 3. The molecule has 5 rings (SSSR count). The number of carbonyl (C=O) groups is 2. The van der Waals surface area contributed by atoms with E-state index < -0.39 is 11.0 Å². The fourth-order valence-corrected chi connectivity index (χ4v) is 7.18. The van der Waals surface area contributed by atoms with E-state index in [1.807, 2.05) is 23.9 Å². The Labute approximate surface area is 169 Å². The number of aliphatic hydroxyl groups is 1. The van der Waals surface area contributed by atoms with E-state index in [4.69, 9.17) is 0 Å². The quantitative estimate of drug-likeness (QED) is 0.775. The van der Waals surface area contributed by atoms with Crippen molar-refractivity contribution < 1.29 is 14.7 Å². The highest BCUT2D eigenvalue weighted by molar-refractivity contribution is 5.85. The minimum atomic E-state index is -0.648. The Kier molecular flexibility index (Phi) is 5.02. The molecule has 5 aliphatic rings. The number of rotatable bonds is 5. The van der Waals surface area contributed by atoms with Crippen LogP contribution in [0.4, 0.5) is 0 Å². The van der Waals surface area contributed by atoms with Crippen molar-refractivity contribution in [2.24, 2.45) is 16.7 Å². The van der Waals surface area contributed by atoms with Crippen molar-refractivity contribution in [3.63, 3.8) is 0 Å². The van der Waals surface area contributed by atoms with Crippen LogP contribution in [0.25, 0.3) is 0 Å². The van der Waals surface area contributed by atoms with Crippen LogP contribution in [0.3, 0.4) is 0 Å². The predicted octanol–water partition coefficient (Wildman–Crippen LogP) is 1.72. The lowest BCUT2D eigenvalue weighted by molar-refractivity contribution is -0.209. The number of hydrogen-bond acceptors (Lipinski definition) is 4. The Morgan fingerprint density at radius 1 is 1.14 bits per heavy atom. The van der Waals surface area contributed by atoms with Crippen LogP contribution in [0, 0.1) is 16.7 Å². The summed E-state index contributed by atoms with van der Waals surface area (Å²) in [5, 5.41) is 11.2. The van der Waals surface area contributed by atoms with Gasteiger partial charge in [-0.2, -0.15) is 0 Å². The number of amides is 2. The maximum atomic E-state index is 13.8. The highest BCUT2D eigenvalue weighted by Crippen LogP contribution is 2.68. The molecule has 1 saturated heterocycles. The Bertz CT molecular complexity index is 653. The monoisotopic (exact) mass is 391 g/mol. The summed E-state index contributed by atoms with van der Waals surface area (Å²) in [7, 11) is 4.03. The van der Waals surface area contributed by atoms with Gasteiger partial charge in [0.15, 0.2) is 0 Å². The average Bonchev–Trinajstić information content (AvgIpc) is 2.79. The highest BCUT2D eigenvalue weighted by atomic mass is 16.3. The minimum absolute atomic E-state index is 0.142. The predicted molar refractivity (Wildman–Crippen MR) is 108 cm³/mol. The van der Waals surface area contributed by atoms with Gasteiger partial charge in [0.1, 0.15) is 0 Å². The molecule has 0 aromatic heterocycles. The molecule has 28 heavy (non-hydrogen) atoms. The third kappa shape index (κ3) is 3.47. The molecular formula is C22H37N3O3. The molecule has 158 valence electrons. The Morgan fingerprint density at radius 3 is 2.61 bits per heavy atom. The van der Waals surface area contributed by atoms with Crippen molar-refractivity contribution in [3.05, 3.63) is 0 Å². The molecule has 0 spiro atoms. The smallest absolute Gasteiger partial charge is 0.229 e. The second-order valence-electron chi connectivity index (χ2n) is 10.6. The van der Waals surface area contributed by atoms with Crippen LogP contribution in [-0.2, 0) is 9.59 Å². The van der Waals surface area contributed by atoms with Crippen LogP contribution in [-0.4, -0.2) is 84.0 Å². The fraction of sp³-hybridized carbons (Fsp3) is 0.909. The largest absolute Gasteiger partial charge is 0.390 e. The van der Waals surface area contributed by atoms with Gasteiger partial charge in [-0.05, 0) is 64.0 Å². The van der Waals surface area contributed by atoms with Crippen LogP contribution in [0.5, 0.6) is 0 Å². The van der Waals surface area contributed by atoms with Gasteiger partial charge < -0.3 is 19.8 Å². The van der Waals surface area contributed by atoms with Crippen molar-refractivity contribution in [3.8, 4) is 0 Å². The first-order valence-corrected chi connectivity index (χ1v) is 11.1. The lowest BCUT2D eigenvalue weighted by Gasteiger charge is -2.64. The summed E-state index contributed by atoms with van der Waals surface area (Å²) < 4.78 is 0. The second kappa shape index (κ2) is 6.98. The van der Waals surface area contributed by atoms with Crippen molar-refractivity contribution in [2.75, 3.05) is 46.8 Å². The normalized spacial score (nSPS) is 40.3. The van der Waals surface area contributed by atoms with Crippen molar-refractivity contribution in [2.45, 2.75) is 63.9 Å². The zero-order chi connectivity index (χ0) is 20.2. The first kappa shape index (κ1) is 20.1. The summed E-state index contributed by atoms with van der Waals surface area (Å²) in [4.78, 5) is 32.2. The molecule has 0 aromatic rings. The first-order chi connectivity index (χ1) is 13.2. The van der Waals surface area contributed by atoms with E-state index in [0.29, 0.717) is 38.4 Å². The number of likely N-dealkylation sites (N-methyl/N-ethyl adjacent to an activating group) is 1. The Hall–Kier alpha value is -1.14. The van der Waals surface area contributed by atoms with Crippen LogP contribution in [0.1, 0.15) is 58.3 Å². The molecule has 5 fully saturated rings. The van der Waals surface area contributed by atoms with Crippen LogP contribution in [0.2, 0.25) is 0 Å². The van der Waals surface area contributed by atoms with E-state index in [0.717, 1.165) is 45.2 Å². The lowest BCUT2D eigenvalue weighted by Crippen LogP contribution is -2.64. The fourth-order valence-electron chi connectivity index (χ4n) is 7.18. The molecule has 1 N–H and O–H groups in total. The zero-order valence-electron chi connectivity index (χ0n) is 17.9. The molecule has 1 heterocycles. The standard InChI is InChI=1S/C22H37N3O3/c1-4-20-11-17-12-21(14-20,16-22(28,13-17)15-20)19(27)25-6-5-18(26)24(9-10-25)8-7-23(2)3/h17,28H,4-16H2,1-3H3.